The van der Waals surface area contributed by atoms with Crippen molar-refractivity contribution < 1.29 is 18.5 Å². The third-order valence-electron chi connectivity index (χ3n) is 6.57. The molecule has 0 aliphatic rings. The summed E-state index contributed by atoms with van der Waals surface area (Å²) in [6.07, 6.45) is 28.9. The van der Waals surface area contributed by atoms with Crippen LogP contribution in [0.25, 0.3) is 0 Å². The Balaban J connectivity index is 3.41. The van der Waals surface area contributed by atoms with Crippen molar-refractivity contribution in [1.82, 2.24) is 0 Å². The zero-order chi connectivity index (χ0) is 24.8. The fourth-order valence-corrected chi connectivity index (χ4v) is 6.45. The lowest BCUT2D eigenvalue weighted by atomic mass is 10.0. The molecule has 0 aromatic carbocycles. The van der Waals surface area contributed by atoms with Crippen LogP contribution in [0.3, 0.4) is 0 Å². The summed E-state index contributed by atoms with van der Waals surface area (Å²) in [5, 5.41) is 0. The van der Waals surface area contributed by atoms with Gasteiger partial charge < -0.3 is 13.9 Å². The smallest absolute Gasteiger partial charge is 0.320 e. The van der Waals surface area contributed by atoms with Gasteiger partial charge in [-0.1, -0.05) is 109 Å². The van der Waals surface area contributed by atoms with Gasteiger partial charge in [0.25, 0.3) is 0 Å². The van der Waals surface area contributed by atoms with Crippen molar-refractivity contribution in [2.45, 2.75) is 142 Å². The second-order valence-electron chi connectivity index (χ2n) is 10.8. The van der Waals surface area contributed by atoms with E-state index in [1.165, 1.54) is 103 Å². The molecular weight excluding hydrogens is 429 g/mol. The maximum Gasteiger partial charge on any atom is 0.385 e. The Hall–Kier alpha value is -0.150. The standard InChI is InChI=1S/C28H58NO3P/c1-6-8-9-10-11-12-13-14-15-16-17-18-19-20-21-22-23-24-25-26-27-32-33(30,31)28(7-2)29(3,4)5/h12-13,28H,6-11,14-27H2,1-5H3/p+1/b13-12-. The number of allylic oxidation sites excluding steroid dienone is 2. The van der Waals surface area contributed by atoms with Crippen molar-refractivity contribution in [2.75, 3.05) is 27.7 Å². The molecule has 198 valence electrons. The Bertz CT molecular complexity index is 502. The predicted molar refractivity (Wildman–Crippen MR) is 146 cm³/mol. The Labute approximate surface area is 207 Å². The molecule has 0 rings (SSSR count). The van der Waals surface area contributed by atoms with E-state index in [1.54, 1.807) is 0 Å². The number of rotatable bonds is 24. The van der Waals surface area contributed by atoms with Crippen LogP contribution < -0.4 is 0 Å². The van der Waals surface area contributed by atoms with Gasteiger partial charge in [-0.05, 0) is 32.1 Å². The largest absolute Gasteiger partial charge is 0.385 e. The summed E-state index contributed by atoms with van der Waals surface area (Å²) in [6, 6.07) is 0. The van der Waals surface area contributed by atoms with E-state index >= 15 is 0 Å². The third-order valence-corrected chi connectivity index (χ3v) is 8.93. The van der Waals surface area contributed by atoms with Gasteiger partial charge in [0.05, 0.1) is 27.7 Å². The van der Waals surface area contributed by atoms with E-state index in [2.05, 4.69) is 19.1 Å². The molecule has 0 aliphatic heterocycles. The summed E-state index contributed by atoms with van der Waals surface area (Å²) < 4.78 is 18.4. The third kappa shape index (κ3) is 19.8. The molecule has 4 nitrogen and oxygen atoms in total. The molecule has 1 N–H and O–H groups in total. The van der Waals surface area contributed by atoms with E-state index in [4.69, 9.17) is 4.52 Å². The zero-order valence-corrected chi connectivity index (χ0v) is 23.9. The van der Waals surface area contributed by atoms with Crippen molar-refractivity contribution in [3.8, 4) is 0 Å². The average Bonchev–Trinajstić information content (AvgIpc) is 2.74. The molecular formula is C28H59NO3P+. The maximum atomic E-state index is 12.5. The minimum Gasteiger partial charge on any atom is -0.320 e. The van der Waals surface area contributed by atoms with E-state index in [0.29, 0.717) is 17.5 Å². The predicted octanol–water partition coefficient (Wildman–Crippen LogP) is 9.23. The normalized spacial score (nSPS) is 15.2. The summed E-state index contributed by atoms with van der Waals surface area (Å²) in [5.74, 6) is -0.348. The fourth-order valence-electron chi connectivity index (χ4n) is 4.55. The van der Waals surface area contributed by atoms with Gasteiger partial charge in [0.2, 0.25) is 0 Å². The number of unbranched alkanes of at least 4 members (excludes halogenated alkanes) is 16. The molecule has 0 aliphatic carbocycles. The van der Waals surface area contributed by atoms with Crippen molar-refractivity contribution >= 4 is 7.60 Å². The lowest BCUT2D eigenvalue weighted by molar-refractivity contribution is -0.883. The van der Waals surface area contributed by atoms with Gasteiger partial charge in [-0.15, -0.1) is 0 Å². The van der Waals surface area contributed by atoms with Crippen molar-refractivity contribution in [1.29, 1.82) is 0 Å². The lowest BCUT2D eigenvalue weighted by Gasteiger charge is -2.35. The summed E-state index contributed by atoms with van der Waals surface area (Å²) in [4.78, 5) is 10.3. The highest BCUT2D eigenvalue weighted by molar-refractivity contribution is 7.53. The van der Waals surface area contributed by atoms with Crippen LogP contribution in [-0.4, -0.2) is 42.9 Å². The second-order valence-corrected chi connectivity index (χ2v) is 12.7. The van der Waals surface area contributed by atoms with Crippen molar-refractivity contribution in [3.63, 3.8) is 0 Å². The zero-order valence-electron chi connectivity index (χ0n) is 23.0. The number of nitrogens with zero attached hydrogens (tertiary/aromatic N) is 1. The van der Waals surface area contributed by atoms with Gasteiger partial charge in [0.15, 0.2) is 5.78 Å². The van der Waals surface area contributed by atoms with Crippen LogP contribution >= 0.6 is 7.60 Å². The van der Waals surface area contributed by atoms with Gasteiger partial charge in [-0.2, -0.15) is 0 Å². The highest BCUT2D eigenvalue weighted by atomic mass is 31.2. The lowest BCUT2D eigenvalue weighted by Crippen LogP contribution is -2.44. The molecule has 0 aromatic heterocycles. The van der Waals surface area contributed by atoms with E-state index in [0.717, 1.165) is 12.8 Å². The van der Waals surface area contributed by atoms with Gasteiger partial charge >= 0.3 is 7.60 Å². The Morgan fingerprint density at radius 3 is 1.48 bits per heavy atom. The minimum atomic E-state index is -3.55. The molecule has 33 heavy (non-hydrogen) atoms. The first-order valence-electron chi connectivity index (χ1n) is 14.2. The quantitative estimate of drug-likeness (QED) is 0.0637. The molecule has 0 spiro atoms. The van der Waals surface area contributed by atoms with E-state index < -0.39 is 7.60 Å². The van der Waals surface area contributed by atoms with Crippen LogP contribution in [0.2, 0.25) is 0 Å². The molecule has 0 saturated carbocycles. The average molecular weight is 489 g/mol. The highest BCUT2D eigenvalue weighted by Gasteiger charge is 2.41. The number of hydrogen-bond donors (Lipinski definition) is 1. The van der Waals surface area contributed by atoms with Crippen LogP contribution in [0, 0.1) is 0 Å². The summed E-state index contributed by atoms with van der Waals surface area (Å²) >= 11 is 0. The molecule has 2 atom stereocenters. The molecule has 0 amide bonds. The first-order chi connectivity index (χ1) is 15.8. The topological polar surface area (TPSA) is 46.5 Å². The summed E-state index contributed by atoms with van der Waals surface area (Å²) in [5.41, 5.74) is 0. The summed E-state index contributed by atoms with van der Waals surface area (Å²) in [6.45, 7) is 4.63. The molecule has 0 saturated heterocycles. The van der Waals surface area contributed by atoms with Gasteiger partial charge in [0.1, 0.15) is 0 Å². The first kappa shape index (κ1) is 32.8. The first-order valence-corrected chi connectivity index (χ1v) is 15.8. The van der Waals surface area contributed by atoms with E-state index in [-0.39, 0.29) is 5.78 Å². The van der Waals surface area contributed by atoms with Gasteiger partial charge in [-0.25, -0.2) is 0 Å². The highest BCUT2D eigenvalue weighted by Crippen LogP contribution is 2.51. The molecule has 0 aromatic rings. The van der Waals surface area contributed by atoms with Crippen molar-refractivity contribution in [2.24, 2.45) is 0 Å². The Morgan fingerprint density at radius 1 is 0.697 bits per heavy atom. The van der Waals surface area contributed by atoms with Crippen LogP contribution in [0.15, 0.2) is 12.2 Å². The fraction of sp³-hybridized carbons (Fsp3) is 0.929. The van der Waals surface area contributed by atoms with Crippen LogP contribution in [-0.2, 0) is 9.09 Å². The van der Waals surface area contributed by atoms with Gasteiger partial charge in [-0.3, -0.25) is 4.57 Å². The van der Waals surface area contributed by atoms with Crippen LogP contribution in [0.4, 0.5) is 0 Å². The Kier molecular flexibility index (Phi) is 21.1. The Morgan fingerprint density at radius 2 is 1.09 bits per heavy atom. The van der Waals surface area contributed by atoms with Crippen molar-refractivity contribution in [3.05, 3.63) is 12.2 Å². The monoisotopic (exact) mass is 488 g/mol. The molecule has 5 heteroatoms. The molecule has 0 heterocycles. The molecule has 0 fully saturated rings. The number of hydrogen-bond acceptors (Lipinski definition) is 2. The minimum absolute atomic E-state index is 0.348. The van der Waals surface area contributed by atoms with Crippen LogP contribution in [0.5, 0.6) is 0 Å². The SMILES string of the molecule is CCCCCC/C=C\CCCCCCCCCCCCCCOP(=O)(O)C(CC)[N+](C)(C)C. The second kappa shape index (κ2) is 21.2. The van der Waals surface area contributed by atoms with E-state index in [1.807, 2.05) is 28.1 Å². The molecule has 0 radical (unpaired) electrons. The summed E-state index contributed by atoms with van der Waals surface area (Å²) in [7, 11) is 2.31. The molecule has 0 bridgehead atoms. The maximum absolute atomic E-state index is 12.5. The van der Waals surface area contributed by atoms with Gasteiger partial charge in [0, 0.05) is 6.42 Å². The number of quaternary nitrogens is 1. The van der Waals surface area contributed by atoms with Crippen LogP contribution in [0.1, 0.15) is 136 Å². The van der Waals surface area contributed by atoms with E-state index in [9.17, 15) is 9.46 Å². The molecule has 2 unspecified atom stereocenters.